The van der Waals surface area contributed by atoms with E-state index in [0.717, 1.165) is 44.3 Å². The molecule has 7 unspecified atom stereocenters. The quantitative estimate of drug-likeness (QED) is 0.688. The van der Waals surface area contributed by atoms with Gasteiger partial charge in [0.05, 0.1) is 36.1 Å². The number of fused-ring (bicyclic) bond motifs is 1. The molecule has 0 aromatic heterocycles. The van der Waals surface area contributed by atoms with Crippen LogP contribution >= 0.6 is 0 Å². The number of ether oxygens (including phenoxy) is 1. The molecule has 0 aromatic rings. The summed E-state index contributed by atoms with van der Waals surface area (Å²) in [5.74, 6) is 1.90. The Morgan fingerprint density at radius 2 is 1.96 bits per heavy atom. The molecule has 2 bridgehead atoms. The number of aliphatic hydroxyl groups excluding tert-OH is 2. The summed E-state index contributed by atoms with van der Waals surface area (Å²) in [5, 5.41) is 31.3. The van der Waals surface area contributed by atoms with E-state index >= 15 is 0 Å². The zero-order valence-electron chi connectivity index (χ0n) is 14.8. The Bertz CT molecular complexity index is 629. The number of rotatable bonds is 1. The van der Waals surface area contributed by atoms with Gasteiger partial charge in [0.25, 0.3) is 0 Å². The first kappa shape index (κ1) is 15.7. The highest BCUT2D eigenvalue weighted by molar-refractivity contribution is 5.40. The summed E-state index contributed by atoms with van der Waals surface area (Å²) in [7, 11) is 0. The van der Waals surface area contributed by atoms with Crippen molar-refractivity contribution >= 4 is 0 Å². The maximum atomic E-state index is 10.9. The van der Waals surface area contributed by atoms with Crippen LogP contribution in [0.25, 0.3) is 0 Å². The lowest BCUT2D eigenvalue weighted by molar-refractivity contribution is -0.125. The van der Waals surface area contributed by atoms with Crippen molar-refractivity contribution in [3.8, 4) is 0 Å². The van der Waals surface area contributed by atoms with E-state index in [9.17, 15) is 15.3 Å². The van der Waals surface area contributed by atoms with Crippen molar-refractivity contribution in [1.82, 2.24) is 0 Å². The van der Waals surface area contributed by atoms with Crippen molar-refractivity contribution in [2.75, 3.05) is 13.2 Å². The fourth-order valence-corrected chi connectivity index (χ4v) is 7.71. The summed E-state index contributed by atoms with van der Waals surface area (Å²) >= 11 is 0. The van der Waals surface area contributed by atoms with E-state index in [1.165, 1.54) is 5.57 Å². The summed E-state index contributed by atoms with van der Waals surface area (Å²) in [6.45, 7) is 5.12. The van der Waals surface area contributed by atoms with Gasteiger partial charge in [0.15, 0.2) is 0 Å². The topological polar surface area (TPSA) is 69.9 Å². The molecule has 1 aliphatic heterocycles. The largest absolute Gasteiger partial charge is 0.497 e. The lowest BCUT2D eigenvalue weighted by Gasteiger charge is -2.61. The van der Waals surface area contributed by atoms with Gasteiger partial charge in [-0.25, -0.2) is 0 Å². The maximum Gasteiger partial charge on any atom is 0.0994 e. The molecule has 1 spiro atoms. The molecular formula is C20H30O4. The summed E-state index contributed by atoms with van der Waals surface area (Å²) < 4.78 is 6.15. The van der Waals surface area contributed by atoms with Gasteiger partial charge in [0.1, 0.15) is 0 Å². The number of allylic oxidation sites excluding steroid dienone is 1. The van der Waals surface area contributed by atoms with Crippen LogP contribution in [-0.4, -0.2) is 40.2 Å². The molecule has 24 heavy (non-hydrogen) atoms. The first-order valence-corrected chi connectivity index (χ1v) is 9.67. The number of hydrogen-bond acceptors (Lipinski definition) is 4. The van der Waals surface area contributed by atoms with Crippen molar-refractivity contribution in [3.63, 3.8) is 0 Å². The molecule has 5 aliphatic rings. The molecule has 0 aromatic carbocycles. The van der Waals surface area contributed by atoms with Gasteiger partial charge >= 0.3 is 0 Å². The molecule has 3 fully saturated rings. The first-order chi connectivity index (χ1) is 11.3. The van der Waals surface area contributed by atoms with Gasteiger partial charge in [-0.2, -0.15) is 0 Å². The molecule has 0 saturated heterocycles. The molecular weight excluding hydrogens is 304 g/mol. The fourth-order valence-electron chi connectivity index (χ4n) is 7.71. The van der Waals surface area contributed by atoms with Crippen LogP contribution in [0.5, 0.6) is 0 Å². The summed E-state index contributed by atoms with van der Waals surface area (Å²) in [5.41, 5.74) is 0.570. The second kappa shape index (κ2) is 4.39. The second-order valence-corrected chi connectivity index (χ2v) is 9.85. The average molecular weight is 334 g/mol. The lowest BCUT2D eigenvalue weighted by Crippen LogP contribution is -2.57. The molecule has 4 heteroatoms. The van der Waals surface area contributed by atoms with E-state index in [1.54, 1.807) is 0 Å². The van der Waals surface area contributed by atoms with E-state index in [1.807, 2.05) is 0 Å². The minimum absolute atomic E-state index is 0.0707. The Balaban J connectivity index is 1.64. The van der Waals surface area contributed by atoms with Crippen LogP contribution in [0.3, 0.4) is 0 Å². The predicted molar refractivity (Wildman–Crippen MR) is 89.0 cm³/mol. The zero-order valence-corrected chi connectivity index (χ0v) is 14.8. The third-order valence-electron chi connectivity index (χ3n) is 9.13. The molecule has 0 amide bonds. The molecule has 0 radical (unpaired) electrons. The van der Waals surface area contributed by atoms with Crippen molar-refractivity contribution < 1.29 is 20.1 Å². The van der Waals surface area contributed by atoms with Crippen molar-refractivity contribution in [3.05, 3.63) is 11.3 Å². The Morgan fingerprint density at radius 3 is 2.71 bits per heavy atom. The van der Waals surface area contributed by atoms with Gasteiger partial charge < -0.3 is 20.1 Å². The fraction of sp³-hybridized carbons (Fsp3) is 0.900. The van der Waals surface area contributed by atoms with Crippen LogP contribution in [0, 0.1) is 28.1 Å². The normalized spacial score (nSPS) is 58.3. The Morgan fingerprint density at radius 1 is 1.17 bits per heavy atom. The molecule has 7 atom stereocenters. The van der Waals surface area contributed by atoms with E-state index in [2.05, 4.69) is 13.8 Å². The van der Waals surface area contributed by atoms with Crippen molar-refractivity contribution in [1.29, 1.82) is 0 Å². The van der Waals surface area contributed by atoms with Crippen LogP contribution in [0.15, 0.2) is 11.3 Å². The monoisotopic (exact) mass is 334 g/mol. The van der Waals surface area contributed by atoms with Crippen LogP contribution in [-0.2, 0) is 4.74 Å². The van der Waals surface area contributed by atoms with Crippen molar-refractivity contribution in [2.45, 2.75) is 70.5 Å². The molecule has 1 heterocycles. The smallest absolute Gasteiger partial charge is 0.0994 e. The highest BCUT2D eigenvalue weighted by Crippen LogP contribution is 2.76. The third kappa shape index (κ3) is 1.49. The lowest BCUT2D eigenvalue weighted by atomic mass is 9.43. The van der Waals surface area contributed by atoms with E-state index < -0.39 is 5.60 Å². The first-order valence-electron chi connectivity index (χ1n) is 9.67. The molecule has 4 nitrogen and oxygen atoms in total. The number of aliphatic hydroxyl groups is 3. The Hall–Kier alpha value is -0.580. The van der Waals surface area contributed by atoms with E-state index in [-0.39, 0.29) is 34.9 Å². The van der Waals surface area contributed by atoms with Gasteiger partial charge in [0, 0.05) is 6.42 Å². The zero-order chi connectivity index (χ0) is 17.0. The SMILES string of the molecule is CC12COC3=C1C(C)(CCC2O)C12CCC(O)(CO)C(CC1C3)C2. The van der Waals surface area contributed by atoms with Crippen LogP contribution in [0.1, 0.15) is 58.8 Å². The minimum atomic E-state index is -0.887. The Kier molecular flexibility index (Phi) is 2.86. The van der Waals surface area contributed by atoms with Crippen LogP contribution in [0.2, 0.25) is 0 Å². The van der Waals surface area contributed by atoms with Gasteiger partial charge in [-0.15, -0.1) is 0 Å². The molecule has 134 valence electrons. The van der Waals surface area contributed by atoms with Gasteiger partial charge in [0.2, 0.25) is 0 Å². The average Bonchev–Trinajstić information content (AvgIpc) is 3.08. The van der Waals surface area contributed by atoms with Gasteiger partial charge in [-0.05, 0) is 73.7 Å². The standard InChI is InChI=1S/C20H30O4/c1-17-11-24-14-8-12-7-13-9-19(12,5-6-20(13,23)10-21)18(2,16(14)17)4-3-15(17)22/h12-13,15,21-23H,3-11H2,1-2H3. The summed E-state index contributed by atoms with van der Waals surface area (Å²) in [6, 6.07) is 0. The highest BCUT2D eigenvalue weighted by Gasteiger charge is 2.71. The Labute approximate surface area is 143 Å². The minimum Gasteiger partial charge on any atom is -0.497 e. The molecule has 5 rings (SSSR count). The van der Waals surface area contributed by atoms with Gasteiger partial charge in [-0.1, -0.05) is 6.92 Å². The summed E-state index contributed by atoms with van der Waals surface area (Å²) in [6.07, 6.45) is 6.25. The van der Waals surface area contributed by atoms with Gasteiger partial charge in [-0.3, -0.25) is 0 Å². The molecule has 4 aliphatic carbocycles. The van der Waals surface area contributed by atoms with Crippen LogP contribution < -0.4 is 0 Å². The van der Waals surface area contributed by atoms with Crippen LogP contribution in [0.4, 0.5) is 0 Å². The maximum absolute atomic E-state index is 10.9. The second-order valence-electron chi connectivity index (χ2n) is 9.85. The van der Waals surface area contributed by atoms with E-state index in [4.69, 9.17) is 4.74 Å². The summed E-state index contributed by atoms with van der Waals surface area (Å²) in [4.78, 5) is 0. The third-order valence-corrected chi connectivity index (χ3v) is 9.13. The number of hydrogen-bond donors (Lipinski definition) is 3. The predicted octanol–water partition coefficient (Wildman–Crippen LogP) is 2.37. The highest BCUT2D eigenvalue weighted by atomic mass is 16.5. The van der Waals surface area contributed by atoms with E-state index in [0.29, 0.717) is 18.9 Å². The van der Waals surface area contributed by atoms with Crippen molar-refractivity contribution in [2.24, 2.45) is 28.1 Å². The molecule has 3 N–H and O–H groups in total. The molecule has 3 saturated carbocycles.